The number of piperazine rings is 1. The Morgan fingerprint density at radius 3 is 2.31 bits per heavy atom. The molecule has 2 N–H and O–H groups in total. The molecule has 0 unspecified atom stereocenters. The average molecular weight is 541 g/mol. The van der Waals surface area contributed by atoms with Crippen LogP contribution in [0.25, 0.3) is 10.9 Å². The normalized spacial score (nSPS) is 17.3. The van der Waals surface area contributed by atoms with Crippen molar-refractivity contribution in [1.29, 1.82) is 0 Å². The number of rotatable bonds is 7. The van der Waals surface area contributed by atoms with Crippen LogP contribution < -0.4 is 20.1 Å². The molecule has 3 heterocycles. The van der Waals surface area contributed by atoms with Crippen LogP contribution in [0.2, 0.25) is 0 Å². The minimum atomic E-state index is -0.666. The lowest BCUT2D eigenvalue weighted by Gasteiger charge is -2.38. The molecule has 0 bridgehead atoms. The van der Waals surface area contributed by atoms with Gasteiger partial charge in [0.05, 0.1) is 14.2 Å². The van der Waals surface area contributed by atoms with E-state index in [4.69, 9.17) is 15.2 Å². The number of benzene rings is 2. The van der Waals surface area contributed by atoms with Crippen molar-refractivity contribution in [3.63, 3.8) is 0 Å². The number of hydrogen-bond acceptors (Lipinski definition) is 8. The smallest absolute Gasteiger partial charge is 0.228 e. The molecule has 0 aliphatic carbocycles. The highest BCUT2D eigenvalue weighted by Gasteiger charge is 2.30. The maximum absolute atomic E-state index is 15.2. The van der Waals surface area contributed by atoms with Gasteiger partial charge >= 0.3 is 0 Å². The largest absolute Gasteiger partial charge is 0.493 e. The Balaban J connectivity index is 1.30. The SMILES string of the molecule is COc1cc2c(N)nc(N3CCN(C(=O)C[C@H](c4ccc(F)cc4)N4CCCCC4)CC3)nc2c(F)c1OC. The quantitative estimate of drug-likeness (QED) is 0.484. The first kappa shape index (κ1) is 26.9. The number of nitrogen functional groups attached to an aromatic ring is 1. The van der Waals surface area contributed by atoms with Crippen molar-refractivity contribution in [1.82, 2.24) is 19.8 Å². The van der Waals surface area contributed by atoms with Crippen LogP contribution in [0.15, 0.2) is 30.3 Å². The monoisotopic (exact) mass is 540 g/mol. The first-order valence-corrected chi connectivity index (χ1v) is 13.3. The predicted molar refractivity (Wildman–Crippen MR) is 145 cm³/mol. The molecule has 2 aliphatic heterocycles. The van der Waals surface area contributed by atoms with Crippen molar-refractivity contribution in [2.45, 2.75) is 31.7 Å². The highest BCUT2D eigenvalue weighted by molar-refractivity contribution is 5.92. The number of aromatic nitrogens is 2. The van der Waals surface area contributed by atoms with Crippen LogP contribution in [0.1, 0.15) is 37.3 Å². The van der Waals surface area contributed by atoms with Gasteiger partial charge in [0.15, 0.2) is 17.3 Å². The van der Waals surface area contributed by atoms with E-state index in [-0.39, 0.29) is 40.6 Å². The van der Waals surface area contributed by atoms with E-state index in [1.807, 2.05) is 9.80 Å². The van der Waals surface area contributed by atoms with E-state index in [0.717, 1.165) is 31.5 Å². The number of nitrogens with zero attached hydrogens (tertiary/aromatic N) is 5. The molecular weight excluding hydrogens is 506 g/mol. The summed E-state index contributed by atoms with van der Waals surface area (Å²) >= 11 is 0. The van der Waals surface area contributed by atoms with Crippen molar-refractivity contribution in [3.8, 4) is 11.5 Å². The third-order valence-corrected chi connectivity index (χ3v) is 7.66. The highest BCUT2D eigenvalue weighted by atomic mass is 19.1. The summed E-state index contributed by atoms with van der Waals surface area (Å²) in [6.07, 6.45) is 3.71. The van der Waals surface area contributed by atoms with Gasteiger partial charge in [0.25, 0.3) is 0 Å². The van der Waals surface area contributed by atoms with Gasteiger partial charge < -0.3 is 25.0 Å². The average Bonchev–Trinajstić information content (AvgIpc) is 2.97. The van der Waals surface area contributed by atoms with Crippen LogP contribution in [0.3, 0.4) is 0 Å². The number of hydrogen-bond donors (Lipinski definition) is 1. The fraction of sp³-hybridized carbons (Fsp3) is 0.464. The predicted octanol–water partition coefficient (Wildman–Crippen LogP) is 3.77. The lowest BCUT2D eigenvalue weighted by molar-refractivity contribution is -0.133. The first-order chi connectivity index (χ1) is 18.9. The summed E-state index contributed by atoms with van der Waals surface area (Å²) in [5.74, 6) is -0.299. The molecule has 11 heteroatoms. The number of likely N-dealkylation sites (tertiary alicyclic amines) is 1. The van der Waals surface area contributed by atoms with Gasteiger partial charge in [-0.25, -0.2) is 13.8 Å². The van der Waals surface area contributed by atoms with E-state index in [9.17, 15) is 9.18 Å². The zero-order chi connectivity index (χ0) is 27.5. The number of methoxy groups -OCH3 is 2. The number of halogens is 2. The Bertz CT molecular complexity index is 1330. The zero-order valence-electron chi connectivity index (χ0n) is 22.3. The van der Waals surface area contributed by atoms with Crippen molar-refractivity contribution in [2.24, 2.45) is 0 Å². The van der Waals surface area contributed by atoms with Gasteiger partial charge in [0.1, 0.15) is 17.2 Å². The molecule has 2 fully saturated rings. The summed E-state index contributed by atoms with van der Waals surface area (Å²) in [6, 6.07) is 7.96. The van der Waals surface area contributed by atoms with Gasteiger partial charge in [0.2, 0.25) is 11.9 Å². The van der Waals surface area contributed by atoms with E-state index in [1.165, 1.54) is 32.8 Å². The van der Waals surface area contributed by atoms with E-state index in [0.29, 0.717) is 43.9 Å². The van der Waals surface area contributed by atoms with Gasteiger partial charge in [-0.15, -0.1) is 0 Å². The molecule has 0 radical (unpaired) electrons. The Morgan fingerprint density at radius 2 is 1.67 bits per heavy atom. The van der Waals surface area contributed by atoms with Gasteiger partial charge in [-0.2, -0.15) is 4.98 Å². The first-order valence-electron chi connectivity index (χ1n) is 13.3. The Hall–Kier alpha value is -3.73. The maximum atomic E-state index is 15.2. The summed E-state index contributed by atoms with van der Waals surface area (Å²) < 4.78 is 39.2. The summed E-state index contributed by atoms with van der Waals surface area (Å²) in [5, 5.41) is 0.340. The summed E-state index contributed by atoms with van der Waals surface area (Å²) in [4.78, 5) is 28.4. The Morgan fingerprint density at radius 1 is 0.974 bits per heavy atom. The Kier molecular flexibility index (Phi) is 7.97. The van der Waals surface area contributed by atoms with Crippen molar-refractivity contribution in [3.05, 3.63) is 47.5 Å². The number of nitrogens with two attached hydrogens (primary N) is 1. The fourth-order valence-corrected chi connectivity index (χ4v) is 5.50. The van der Waals surface area contributed by atoms with Crippen LogP contribution in [-0.4, -0.2) is 79.2 Å². The van der Waals surface area contributed by atoms with E-state index < -0.39 is 5.82 Å². The van der Waals surface area contributed by atoms with E-state index in [1.54, 1.807) is 18.2 Å². The van der Waals surface area contributed by atoms with E-state index >= 15 is 4.39 Å². The lowest BCUT2D eigenvalue weighted by atomic mass is 9.98. The second kappa shape index (κ2) is 11.6. The second-order valence-electron chi connectivity index (χ2n) is 9.97. The molecule has 2 saturated heterocycles. The van der Waals surface area contributed by atoms with Gasteiger partial charge in [0, 0.05) is 44.0 Å². The van der Waals surface area contributed by atoms with Crippen LogP contribution in [0, 0.1) is 11.6 Å². The minimum Gasteiger partial charge on any atom is -0.493 e. The van der Waals surface area contributed by atoms with E-state index in [2.05, 4.69) is 14.9 Å². The van der Waals surface area contributed by atoms with Gasteiger partial charge in [-0.3, -0.25) is 9.69 Å². The zero-order valence-corrected chi connectivity index (χ0v) is 22.3. The highest BCUT2D eigenvalue weighted by Crippen LogP contribution is 2.37. The third-order valence-electron chi connectivity index (χ3n) is 7.66. The molecule has 0 spiro atoms. The Labute approximate surface area is 226 Å². The van der Waals surface area contributed by atoms with Crippen molar-refractivity contribution >= 4 is 28.6 Å². The molecule has 208 valence electrons. The summed E-state index contributed by atoms with van der Waals surface area (Å²) in [6.45, 7) is 3.77. The minimum absolute atomic E-state index is 0.0473. The number of piperidine rings is 1. The third kappa shape index (κ3) is 5.54. The number of amides is 1. The number of ether oxygens (including phenoxy) is 2. The van der Waals surface area contributed by atoms with Crippen LogP contribution in [0.4, 0.5) is 20.5 Å². The maximum Gasteiger partial charge on any atom is 0.228 e. The van der Waals surface area contributed by atoms with Crippen LogP contribution in [-0.2, 0) is 4.79 Å². The molecule has 5 rings (SSSR count). The molecule has 2 aliphatic rings. The fourth-order valence-electron chi connectivity index (χ4n) is 5.50. The number of carbonyl (C=O) groups is 1. The number of anilines is 2. The molecule has 1 atom stereocenters. The topological polar surface area (TPSA) is 97.0 Å². The summed E-state index contributed by atoms with van der Waals surface area (Å²) in [7, 11) is 2.78. The van der Waals surface area contributed by atoms with Crippen molar-refractivity contribution < 1.29 is 23.0 Å². The summed E-state index contributed by atoms with van der Waals surface area (Å²) in [5.41, 5.74) is 7.19. The molecular formula is C28H34F2N6O3. The molecule has 3 aromatic rings. The number of fused-ring (bicyclic) bond motifs is 1. The van der Waals surface area contributed by atoms with Gasteiger partial charge in [-0.05, 0) is 49.7 Å². The molecule has 2 aromatic carbocycles. The van der Waals surface area contributed by atoms with Crippen LogP contribution in [0.5, 0.6) is 11.5 Å². The van der Waals surface area contributed by atoms with Gasteiger partial charge in [-0.1, -0.05) is 18.6 Å². The van der Waals surface area contributed by atoms with Crippen molar-refractivity contribution in [2.75, 3.05) is 64.1 Å². The molecule has 39 heavy (non-hydrogen) atoms. The number of carbonyl (C=O) groups excluding carboxylic acids is 1. The van der Waals surface area contributed by atoms with Crippen LogP contribution >= 0.6 is 0 Å². The lowest BCUT2D eigenvalue weighted by Crippen LogP contribution is -2.50. The molecule has 0 saturated carbocycles. The second-order valence-corrected chi connectivity index (χ2v) is 9.97. The molecule has 1 amide bonds. The molecule has 1 aromatic heterocycles. The molecule has 9 nitrogen and oxygen atoms in total. The standard InChI is InChI=1S/C28H34F2N6O3/c1-38-22-16-20-25(24(30)26(22)39-2)32-28(33-27(20)31)36-14-12-35(13-15-36)23(37)17-21(34-10-4-3-5-11-34)18-6-8-19(29)9-7-18/h6-9,16,21H,3-5,10-15,17H2,1-2H3,(H2,31,32,33)/t21-/m1/s1.